The SMILES string of the molecule is Cc1ccccc1OCC(=O)NNC(=O)c1ccc(Cl)cc1Cl. The number of aryl methyl sites for hydroxylation is 1. The van der Waals surface area contributed by atoms with Gasteiger partial charge in [-0.2, -0.15) is 0 Å². The lowest BCUT2D eigenvalue weighted by Crippen LogP contribution is -2.43. The van der Waals surface area contributed by atoms with Gasteiger partial charge in [-0.3, -0.25) is 20.4 Å². The first-order valence-electron chi connectivity index (χ1n) is 6.70. The molecule has 0 aromatic heterocycles. The molecule has 0 bridgehead atoms. The molecule has 2 aromatic rings. The summed E-state index contributed by atoms with van der Waals surface area (Å²) < 4.78 is 5.37. The van der Waals surface area contributed by atoms with Crippen molar-refractivity contribution in [2.45, 2.75) is 6.92 Å². The molecule has 0 saturated carbocycles. The molecule has 2 amide bonds. The molecule has 0 aliphatic carbocycles. The van der Waals surface area contributed by atoms with Gasteiger partial charge in [-0.15, -0.1) is 0 Å². The van der Waals surface area contributed by atoms with Crippen LogP contribution in [-0.2, 0) is 4.79 Å². The Hall–Kier alpha value is -2.24. The normalized spacial score (nSPS) is 10.0. The topological polar surface area (TPSA) is 67.4 Å². The first kappa shape index (κ1) is 17.1. The molecule has 7 heteroatoms. The third-order valence-electron chi connectivity index (χ3n) is 2.94. The Morgan fingerprint density at radius 1 is 1.09 bits per heavy atom. The highest BCUT2D eigenvalue weighted by Gasteiger charge is 2.12. The molecule has 0 fully saturated rings. The van der Waals surface area contributed by atoms with Crippen LogP contribution < -0.4 is 15.6 Å². The number of ether oxygens (including phenoxy) is 1. The van der Waals surface area contributed by atoms with E-state index in [4.69, 9.17) is 27.9 Å². The van der Waals surface area contributed by atoms with Crippen molar-refractivity contribution in [2.24, 2.45) is 0 Å². The maximum absolute atomic E-state index is 11.9. The zero-order chi connectivity index (χ0) is 16.8. The lowest BCUT2D eigenvalue weighted by molar-refractivity contribution is -0.123. The van der Waals surface area contributed by atoms with E-state index in [9.17, 15) is 9.59 Å². The van der Waals surface area contributed by atoms with Crippen LogP contribution in [-0.4, -0.2) is 18.4 Å². The number of rotatable bonds is 4. The van der Waals surface area contributed by atoms with Crippen molar-refractivity contribution in [3.05, 3.63) is 63.6 Å². The monoisotopic (exact) mass is 352 g/mol. The summed E-state index contributed by atoms with van der Waals surface area (Å²) >= 11 is 11.7. The molecule has 2 rings (SSSR count). The van der Waals surface area contributed by atoms with Gasteiger partial charge >= 0.3 is 0 Å². The second-order valence-corrected chi connectivity index (χ2v) is 5.52. The van der Waals surface area contributed by atoms with Gasteiger partial charge in [0.2, 0.25) is 0 Å². The van der Waals surface area contributed by atoms with Crippen molar-refractivity contribution in [3.63, 3.8) is 0 Å². The quantitative estimate of drug-likeness (QED) is 0.830. The van der Waals surface area contributed by atoms with E-state index < -0.39 is 11.8 Å². The molecule has 0 radical (unpaired) electrons. The largest absolute Gasteiger partial charge is 0.483 e. The molecular formula is C16H14Cl2N2O3. The van der Waals surface area contributed by atoms with Crippen LogP contribution in [0, 0.1) is 6.92 Å². The molecule has 0 unspecified atom stereocenters. The zero-order valence-corrected chi connectivity index (χ0v) is 13.7. The smallest absolute Gasteiger partial charge is 0.276 e. The third kappa shape index (κ3) is 4.87. The van der Waals surface area contributed by atoms with E-state index in [0.29, 0.717) is 10.8 Å². The molecule has 5 nitrogen and oxygen atoms in total. The molecule has 0 heterocycles. The molecular weight excluding hydrogens is 339 g/mol. The van der Waals surface area contributed by atoms with E-state index in [1.165, 1.54) is 18.2 Å². The molecule has 0 aliphatic rings. The predicted molar refractivity (Wildman–Crippen MR) is 88.7 cm³/mol. The van der Waals surface area contributed by atoms with Crippen molar-refractivity contribution >= 4 is 35.0 Å². The second kappa shape index (κ2) is 7.85. The number of hydrogen-bond donors (Lipinski definition) is 2. The average molecular weight is 353 g/mol. The van der Waals surface area contributed by atoms with Crippen molar-refractivity contribution in [1.82, 2.24) is 10.9 Å². The summed E-state index contributed by atoms with van der Waals surface area (Å²) in [5.74, 6) is -0.433. The van der Waals surface area contributed by atoms with Crippen molar-refractivity contribution in [1.29, 1.82) is 0 Å². The fourth-order valence-corrected chi connectivity index (χ4v) is 2.26. The van der Waals surface area contributed by atoms with Crippen LogP contribution in [0.2, 0.25) is 10.0 Å². The van der Waals surface area contributed by atoms with Gasteiger partial charge in [0, 0.05) is 5.02 Å². The fourth-order valence-electron chi connectivity index (χ4n) is 1.77. The molecule has 23 heavy (non-hydrogen) atoms. The minimum Gasteiger partial charge on any atom is -0.483 e. The molecule has 0 spiro atoms. The molecule has 2 aromatic carbocycles. The predicted octanol–water partition coefficient (Wildman–Crippen LogP) is 3.14. The van der Waals surface area contributed by atoms with Gasteiger partial charge in [-0.05, 0) is 36.8 Å². The summed E-state index contributed by atoms with van der Waals surface area (Å²) in [4.78, 5) is 23.6. The molecule has 0 saturated heterocycles. The number of benzene rings is 2. The standard InChI is InChI=1S/C16H14Cl2N2O3/c1-10-4-2-3-5-14(10)23-9-15(21)19-20-16(22)12-7-6-11(17)8-13(12)18/h2-8H,9H2,1H3,(H,19,21)(H,20,22). The van der Waals surface area contributed by atoms with Crippen LogP contribution in [0.4, 0.5) is 0 Å². The first-order valence-corrected chi connectivity index (χ1v) is 7.45. The number of halogens is 2. The van der Waals surface area contributed by atoms with E-state index in [1.54, 1.807) is 6.07 Å². The van der Waals surface area contributed by atoms with Gasteiger partial charge in [0.25, 0.3) is 11.8 Å². The van der Waals surface area contributed by atoms with E-state index in [1.807, 2.05) is 25.1 Å². The molecule has 2 N–H and O–H groups in total. The number of hydrazine groups is 1. The van der Waals surface area contributed by atoms with Gasteiger partial charge in [0.1, 0.15) is 5.75 Å². The third-order valence-corrected chi connectivity index (χ3v) is 3.49. The Morgan fingerprint density at radius 2 is 1.83 bits per heavy atom. The number of hydrogen-bond acceptors (Lipinski definition) is 3. The first-order chi connectivity index (χ1) is 11.0. The Kier molecular flexibility index (Phi) is 5.84. The van der Waals surface area contributed by atoms with Gasteiger partial charge in [-0.1, -0.05) is 41.4 Å². The van der Waals surface area contributed by atoms with Crippen LogP contribution in [0.15, 0.2) is 42.5 Å². The summed E-state index contributed by atoms with van der Waals surface area (Å²) in [5, 5.41) is 0.614. The maximum atomic E-state index is 11.9. The van der Waals surface area contributed by atoms with Crippen LogP contribution >= 0.6 is 23.2 Å². The molecule has 0 atom stereocenters. The Balaban J connectivity index is 1.84. The number of carbonyl (C=O) groups excluding carboxylic acids is 2. The van der Waals surface area contributed by atoms with Crippen LogP contribution in [0.25, 0.3) is 0 Å². The van der Waals surface area contributed by atoms with Gasteiger partial charge in [-0.25, -0.2) is 0 Å². The highest BCUT2D eigenvalue weighted by molar-refractivity contribution is 6.36. The lowest BCUT2D eigenvalue weighted by Gasteiger charge is -2.10. The summed E-state index contributed by atoms with van der Waals surface area (Å²) in [5.41, 5.74) is 5.64. The van der Waals surface area contributed by atoms with Crippen LogP contribution in [0.1, 0.15) is 15.9 Å². The lowest BCUT2D eigenvalue weighted by atomic mass is 10.2. The Bertz CT molecular complexity index is 735. The second-order valence-electron chi connectivity index (χ2n) is 4.68. The van der Waals surface area contributed by atoms with Gasteiger partial charge < -0.3 is 4.74 Å². The van der Waals surface area contributed by atoms with Crippen molar-refractivity contribution < 1.29 is 14.3 Å². The summed E-state index contributed by atoms with van der Waals surface area (Å²) in [6, 6.07) is 11.8. The zero-order valence-electron chi connectivity index (χ0n) is 12.2. The fraction of sp³-hybridized carbons (Fsp3) is 0.125. The van der Waals surface area contributed by atoms with Gasteiger partial charge in [0.05, 0.1) is 10.6 Å². The van der Waals surface area contributed by atoms with E-state index >= 15 is 0 Å². The number of amides is 2. The van der Waals surface area contributed by atoms with E-state index in [0.717, 1.165) is 5.56 Å². The van der Waals surface area contributed by atoms with E-state index in [2.05, 4.69) is 10.9 Å². The molecule has 0 aliphatic heterocycles. The van der Waals surface area contributed by atoms with E-state index in [-0.39, 0.29) is 17.2 Å². The van der Waals surface area contributed by atoms with Crippen LogP contribution in [0.5, 0.6) is 5.75 Å². The van der Waals surface area contributed by atoms with Crippen molar-refractivity contribution in [2.75, 3.05) is 6.61 Å². The minimum absolute atomic E-state index is 0.195. The van der Waals surface area contributed by atoms with Crippen LogP contribution in [0.3, 0.4) is 0 Å². The van der Waals surface area contributed by atoms with Crippen molar-refractivity contribution in [3.8, 4) is 5.75 Å². The highest BCUT2D eigenvalue weighted by atomic mass is 35.5. The Labute approximate surface area is 143 Å². The molecule has 120 valence electrons. The summed E-state index contributed by atoms with van der Waals surface area (Å²) in [6.45, 7) is 1.65. The Morgan fingerprint density at radius 3 is 2.52 bits per heavy atom. The maximum Gasteiger partial charge on any atom is 0.276 e. The minimum atomic E-state index is -0.545. The number of carbonyl (C=O) groups is 2. The highest BCUT2D eigenvalue weighted by Crippen LogP contribution is 2.20. The average Bonchev–Trinajstić information content (AvgIpc) is 2.52. The number of para-hydroxylation sites is 1. The number of nitrogens with one attached hydrogen (secondary N) is 2. The van der Waals surface area contributed by atoms with Gasteiger partial charge in [0.15, 0.2) is 6.61 Å². The summed E-state index contributed by atoms with van der Waals surface area (Å²) in [7, 11) is 0. The summed E-state index contributed by atoms with van der Waals surface area (Å²) in [6.07, 6.45) is 0.